The summed E-state index contributed by atoms with van der Waals surface area (Å²) in [5, 5.41) is 2.14. The van der Waals surface area contributed by atoms with Crippen LogP contribution in [0.1, 0.15) is 0 Å². The van der Waals surface area contributed by atoms with Gasteiger partial charge in [-0.05, 0) is 82.8 Å². The van der Waals surface area contributed by atoms with Crippen molar-refractivity contribution in [3.63, 3.8) is 0 Å². The minimum absolute atomic E-state index is 0.201. The third kappa shape index (κ3) is 4.14. The Kier molecular flexibility index (Phi) is 5.98. The van der Waals surface area contributed by atoms with Crippen LogP contribution in [0, 0.1) is 0 Å². The number of fused-ring (bicyclic) bond motifs is 8. The molecule has 5 heterocycles. The molecule has 51 heavy (non-hydrogen) atoms. The predicted octanol–water partition coefficient (Wildman–Crippen LogP) is 9.99. The molecule has 0 amide bonds. The molecule has 0 saturated carbocycles. The number of furan rings is 2. The van der Waals surface area contributed by atoms with Gasteiger partial charge in [0.25, 0.3) is 0 Å². The van der Waals surface area contributed by atoms with Gasteiger partial charge in [0.15, 0.2) is 0 Å². The van der Waals surface area contributed by atoms with Crippen LogP contribution >= 0.6 is 0 Å². The molecular formula is C45H28BN3O2. The smallest absolute Gasteiger partial charge is 0.302 e. The number of hydrogen-bond donors (Lipinski definition) is 0. The highest BCUT2D eigenvalue weighted by Gasteiger charge is 2.49. The van der Waals surface area contributed by atoms with Gasteiger partial charge in [-0.1, -0.05) is 97.1 Å². The standard InChI is InChI=1S/C45H28BN3O2/c1-3-12-29(13-4-1)30-14-9-18-34(26-30)49-38-21-10-20-37-42(38)46(41-35-19-7-8-22-39(35)51-45(41)49)44-43(48(37)33-16-5-2-6-17-33)36-27-31(23-24-40(36)50-44)32-15-11-25-47-28-32/h1-28H. The maximum atomic E-state index is 7.06. The molecule has 5 nitrogen and oxygen atoms in total. The molecule has 0 saturated heterocycles. The Bertz CT molecular complexity index is 2780. The zero-order valence-corrected chi connectivity index (χ0v) is 27.4. The summed E-state index contributed by atoms with van der Waals surface area (Å²) >= 11 is 0. The Morgan fingerprint density at radius 2 is 1.16 bits per heavy atom. The molecule has 2 aliphatic rings. The lowest BCUT2D eigenvalue weighted by Gasteiger charge is -2.40. The number of aromatic nitrogens is 1. The van der Waals surface area contributed by atoms with Gasteiger partial charge in [-0.3, -0.25) is 9.88 Å². The van der Waals surface area contributed by atoms with E-state index in [-0.39, 0.29) is 6.71 Å². The van der Waals surface area contributed by atoms with E-state index in [9.17, 15) is 0 Å². The van der Waals surface area contributed by atoms with E-state index in [1.165, 1.54) is 11.0 Å². The number of pyridine rings is 1. The molecule has 3 aromatic heterocycles. The average Bonchev–Trinajstić information content (AvgIpc) is 3.77. The molecule has 0 aliphatic carbocycles. The molecule has 2 aliphatic heterocycles. The van der Waals surface area contributed by atoms with Crippen molar-refractivity contribution in [1.82, 2.24) is 4.98 Å². The van der Waals surface area contributed by atoms with Crippen LogP contribution in [0.15, 0.2) is 179 Å². The Morgan fingerprint density at radius 1 is 0.471 bits per heavy atom. The fourth-order valence-electron chi connectivity index (χ4n) is 8.16. The van der Waals surface area contributed by atoms with Gasteiger partial charge in [-0.15, -0.1) is 0 Å². The van der Waals surface area contributed by atoms with Crippen molar-refractivity contribution in [3.8, 4) is 22.3 Å². The minimum atomic E-state index is -0.201. The SMILES string of the molecule is c1ccc(-c2cccc(N3c4cccc5c4B(c4oc6ccc(-c7cccnc7)cc6c4N5c4ccccc4)c4c3oc3ccccc43)c2)cc1. The zero-order valence-electron chi connectivity index (χ0n) is 27.4. The van der Waals surface area contributed by atoms with Crippen LogP contribution in [0.3, 0.4) is 0 Å². The molecular weight excluding hydrogens is 625 g/mol. The average molecular weight is 654 g/mol. The minimum Gasteiger partial charge on any atom is -0.468 e. The first-order valence-corrected chi connectivity index (χ1v) is 17.2. The molecule has 0 radical (unpaired) electrons. The largest absolute Gasteiger partial charge is 0.468 e. The number of nitrogens with zero attached hydrogens (tertiary/aromatic N) is 3. The molecule has 6 aromatic carbocycles. The van der Waals surface area contributed by atoms with Gasteiger partial charge in [0.05, 0.1) is 11.3 Å². The second kappa shape index (κ2) is 10.9. The quantitative estimate of drug-likeness (QED) is 0.177. The number of benzene rings is 6. The van der Waals surface area contributed by atoms with E-state index in [4.69, 9.17) is 8.83 Å². The lowest BCUT2D eigenvalue weighted by Crippen LogP contribution is -2.60. The zero-order chi connectivity index (χ0) is 33.5. The highest BCUT2D eigenvalue weighted by atomic mass is 16.4. The van der Waals surface area contributed by atoms with Crippen LogP contribution in [0.5, 0.6) is 0 Å². The summed E-state index contributed by atoms with van der Waals surface area (Å²) in [7, 11) is 0. The predicted molar refractivity (Wildman–Crippen MR) is 209 cm³/mol. The van der Waals surface area contributed by atoms with E-state index in [0.717, 1.165) is 84.1 Å². The van der Waals surface area contributed by atoms with Gasteiger partial charge in [0, 0.05) is 56.9 Å². The molecule has 11 rings (SSSR count). The highest BCUT2D eigenvalue weighted by molar-refractivity contribution is 7.01. The lowest BCUT2D eigenvalue weighted by molar-refractivity contribution is 0.622. The normalized spacial score (nSPS) is 13.0. The first kappa shape index (κ1) is 28.1. The number of rotatable bonds is 4. The summed E-state index contributed by atoms with van der Waals surface area (Å²) in [6.07, 6.45) is 3.72. The summed E-state index contributed by atoms with van der Waals surface area (Å²) in [6, 6.07) is 55.5. The number of para-hydroxylation sites is 2. The molecule has 0 spiro atoms. The summed E-state index contributed by atoms with van der Waals surface area (Å²) in [4.78, 5) is 9.09. The molecule has 9 aromatic rings. The Labute approximate surface area is 294 Å². The second-order valence-electron chi connectivity index (χ2n) is 13.2. The van der Waals surface area contributed by atoms with Crippen molar-refractivity contribution < 1.29 is 8.83 Å². The van der Waals surface area contributed by atoms with Gasteiger partial charge in [0.1, 0.15) is 11.2 Å². The van der Waals surface area contributed by atoms with E-state index in [0.29, 0.717) is 0 Å². The molecule has 0 bridgehead atoms. The maximum Gasteiger partial charge on any atom is 0.302 e. The Hall–Kier alpha value is -6.79. The van der Waals surface area contributed by atoms with E-state index in [1.54, 1.807) is 0 Å². The van der Waals surface area contributed by atoms with Gasteiger partial charge in [-0.2, -0.15) is 0 Å². The summed E-state index contributed by atoms with van der Waals surface area (Å²) in [5.74, 6) is 0.812. The molecule has 0 unspecified atom stereocenters. The van der Waals surface area contributed by atoms with Crippen LogP contribution in [0.2, 0.25) is 0 Å². The maximum absolute atomic E-state index is 7.06. The second-order valence-corrected chi connectivity index (χ2v) is 13.2. The Morgan fingerprint density at radius 3 is 2.00 bits per heavy atom. The van der Waals surface area contributed by atoms with Crippen LogP contribution < -0.4 is 26.4 Å². The van der Waals surface area contributed by atoms with Crippen molar-refractivity contribution >= 4 is 79.6 Å². The molecule has 0 N–H and O–H groups in total. The summed E-state index contributed by atoms with van der Waals surface area (Å²) in [5.41, 5.74) is 14.7. The van der Waals surface area contributed by atoms with Crippen molar-refractivity contribution in [2.24, 2.45) is 0 Å². The fraction of sp³-hybridized carbons (Fsp3) is 0. The molecule has 238 valence electrons. The molecule has 6 heteroatoms. The summed E-state index contributed by atoms with van der Waals surface area (Å²) < 4.78 is 14.0. The van der Waals surface area contributed by atoms with E-state index >= 15 is 0 Å². The Balaban J connectivity index is 1.22. The van der Waals surface area contributed by atoms with Crippen LogP contribution in [0.25, 0.3) is 44.2 Å². The van der Waals surface area contributed by atoms with Gasteiger partial charge < -0.3 is 13.7 Å². The first-order chi connectivity index (χ1) is 25.3. The monoisotopic (exact) mass is 653 g/mol. The topological polar surface area (TPSA) is 45.7 Å². The third-order valence-electron chi connectivity index (χ3n) is 10.3. The molecule has 0 atom stereocenters. The van der Waals surface area contributed by atoms with Crippen LogP contribution in [0.4, 0.5) is 34.3 Å². The first-order valence-electron chi connectivity index (χ1n) is 17.2. The van der Waals surface area contributed by atoms with Crippen LogP contribution in [-0.4, -0.2) is 11.7 Å². The van der Waals surface area contributed by atoms with Crippen molar-refractivity contribution in [2.75, 3.05) is 9.80 Å². The third-order valence-corrected chi connectivity index (χ3v) is 10.3. The summed E-state index contributed by atoms with van der Waals surface area (Å²) in [6.45, 7) is -0.201. The van der Waals surface area contributed by atoms with Gasteiger partial charge >= 0.3 is 6.71 Å². The van der Waals surface area contributed by atoms with Gasteiger partial charge in [0.2, 0.25) is 5.88 Å². The van der Waals surface area contributed by atoms with E-state index in [1.807, 2.05) is 24.5 Å². The lowest BCUT2D eigenvalue weighted by atomic mass is 9.35. The van der Waals surface area contributed by atoms with E-state index < -0.39 is 0 Å². The van der Waals surface area contributed by atoms with E-state index in [2.05, 4.69) is 160 Å². The van der Waals surface area contributed by atoms with Gasteiger partial charge in [-0.25, -0.2) is 0 Å². The van der Waals surface area contributed by atoms with Crippen molar-refractivity contribution in [1.29, 1.82) is 0 Å². The fourth-order valence-corrected chi connectivity index (χ4v) is 8.16. The van der Waals surface area contributed by atoms with Crippen molar-refractivity contribution in [2.45, 2.75) is 0 Å². The molecule has 0 fully saturated rings. The number of hydrogen-bond acceptors (Lipinski definition) is 5. The number of anilines is 6. The highest BCUT2D eigenvalue weighted by Crippen LogP contribution is 2.48. The van der Waals surface area contributed by atoms with Crippen LogP contribution in [-0.2, 0) is 0 Å². The van der Waals surface area contributed by atoms with Crippen molar-refractivity contribution in [3.05, 3.63) is 170 Å².